The van der Waals surface area contributed by atoms with Crippen molar-refractivity contribution in [1.82, 2.24) is 26.1 Å². The van der Waals surface area contributed by atoms with Crippen molar-refractivity contribution in [2.24, 2.45) is 35.0 Å². The molecule has 0 radical (unpaired) electrons. The Morgan fingerprint density at radius 1 is 1.02 bits per heavy atom. The summed E-state index contributed by atoms with van der Waals surface area (Å²) in [6, 6.07) is 0.936. The number of rotatable bonds is 16. The lowest BCUT2D eigenvalue weighted by molar-refractivity contribution is -0.130. The lowest BCUT2D eigenvalue weighted by atomic mass is 9.49. The molecule has 0 aliphatic heterocycles. The van der Waals surface area contributed by atoms with E-state index in [0.29, 0.717) is 38.2 Å². The number of aromatic nitrogens is 2. The fourth-order valence-corrected chi connectivity index (χ4v) is 8.66. The van der Waals surface area contributed by atoms with Gasteiger partial charge in [-0.2, -0.15) is 4.98 Å². The fourth-order valence-electron chi connectivity index (χ4n) is 8.66. The first kappa shape index (κ1) is 34.6. The predicted octanol–water partition coefficient (Wildman–Crippen LogP) is 2.46. The van der Waals surface area contributed by atoms with Gasteiger partial charge in [0, 0.05) is 18.4 Å². The summed E-state index contributed by atoms with van der Waals surface area (Å²) in [5, 5.41) is 30.7. The van der Waals surface area contributed by atoms with Gasteiger partial charge in [-0.1, -0.05) is 5.16 Å². The zero-order valence-corrected chi connectivity index (χ0v) is 27.8. The molecule has 2 aromatic rings. The van der Waals surface area contributed by atoms with Crippen LogP contribution in [0, 0.1) is 37.0 Å². The molecule has 1 aromatic carbocycles. The van der Waals surface area contributed by atoms with Crippen LogP contribution in [0.2, 0.25) is 0 Å². The second kappa shape index (κ2) is 15.0. The van der Waals surface area contributed by atoms with E-state index in [1.54, 1.807) is 12.1 Å². The van der Waals surface area contributed by atoms with Crippen LogP contribution in [0.3, 0.4) is 0 Å². The Bertz CT molecular complexity index is 1370. The number of unbranched alkanes of at least 4 members (excludes halogenated alkanes) is 1. The molecule has 3 atom stereocenters. The second-order valence-corrected chi connectivity index (χ2v) is 14.4. The number of nitrogens with one attached hydrogen (secondary N) is 4. The Kier molecular flexibility index (Phi) is 11.1. The van der Waals surface area contributed by atoms with Gasteiger partial charge in [0.05, 0.1) is 6.04 Å². The Balaban J connectivity index is 1.34. The van der Waals surface area contributed by atoms with Gasteiger partial charge in [0.25, 0.3) is 0 Å². The van der Waals surface area contributed by atoms with Gasteiger partial charge in [-0.05, 0) is 138 Å². The van der Waals surface area contributed by atoms with E-state index in [9.17, 15) is 14.7 Å². The number of nitrogens with two attached hydrogens (primary N) is 3. The predicted molar refractivity (Wildman–Crippen MR) is 178 cm³/mol. The Morgan fingerprint density at radius 3 is 2.26 bits per heavy atom. The molecule has 11 N–H and O–H groups in total. The summed E-state index contributed by atoms with van der Waals surface area (Å²) in [4.78, 5) is 32.3. The molecule has 13 heteroatoms. The average Bonchev–Trinajstić information content (AvgIpc) is 3.50. The van der Waals surface area contributed by atoms with Crippen LogP contribution < -0.4 is 33.2 Å². The van der Waals surface area contributed by atoms with E-state index in [0.717, 1.165) is 72.4 Å². The molecule has 6 rings (SSSR count). The van der Waals surface area contributed by atoms with Gasteiger partial charge in [0.1, 0.15) is 17.8 Å². The fraction of sp³-hybridized carbons (Fsp3) is 0.676. The molecule has 258 valence electrons. The minimum atomic E-state index is -0.951. The van der Waals surface area contributed by atoms with Crippen molar-refractivity contribution in [3.8, 4) is 5.75 Å². The highest BCUT2D eigenvalue weighted by Crippen LogP contribution is 2.60. The standard InChI is InChI=1S/C34H53N9O4/c1-19-10-24(44)11-20(2)25(19)15-28(41-29(45)26(36)6-5-9-39-33(37)38)30(46)40-27(7-3-4-8-35)31-42-32(43-47-31)34-16-21-12-22(17-34)14-23(13-21)18-34/h10-11,21-23,26-28,44H,3-9,12-18,35-36H2,1-2H3,(H,40,46)(H,41,45)(H4,37,38,39)/t21?,22?,23?,26-,27-,28+,34?/m1/s1. The van der Waals surface area contributed by atoms with Gasteiger partial charge in [-0.15, -0.1) is 0 Å². The van der Waals surface area contributed by atoms with Gasteiger partial charge in [0.15, 0.2) is 11.8 Å². The maximum Gasteiger partial charge on any atom is 0.249 e. The van der Waals surface area contributed by atoms with Gasteiger partial charge >= 0.3 is 0 Å². The van der Waals surface area contributed by atoms with Crippen LogP contribution in [-0.2, 0) is 21.4 Å². The summed E-state index contributed by atoms with van der Waals surface area (Å²) in [6.45, 7) is 4.67. The number of aryl methyl sites for hydroxylation is 2. The van der Waals surface area contributed by atoms with Crippen molar-refractivity contribution in [1.29, 1.82) is 5.41 Å². The van der Waals surface area contributed by atoms with Gasteiger partial charge in [0.2, 0.25) is 17.7 Å². The van der Waals surface area contributed by atoms with E-state index in [1.165, 1.54) is 19.3 Å². The smallest absolute Gasteiger partial charge is 0.249 e. The molecular weight excluding hydrogens is 598 g/mol. The number of carbonyl (C=O) groups excluding carboxylic acids is 2. The molecule has 0 spiro atoms. The number of phenolic OH excluding ortho intramolecular Hbond substituents is 1. The molecular formula is C34H53N9O4. The third-order valence-electron chi connectivity index (χ3n) is 10.6. The van der Waals surface area contributed by atoms with Crippen molar-refractivity contribution < 1.29 is 19.2 Å². The molecule has 13 nitrogen and oxygen atoms in total. The van der Waals surface area contributed by atoms with Crippen LogP contribution in [0.1, 0.15) is 105 Å². The minimum Gasteiger partial charge on any atom is -0.508 e. The molecule has 4 saturated carbocycles. The summed E-state index contributed by atoms with van der Waals surface area (Å²) in [5.74, 6) is 2.51. The van der Waals surface area contributed by atoms with E-state index in [1.807, 2.05) is 13.8 Å². The molecule has 4 aliphatic carbocycles. The zero-order chi connectivity index (χ0) is 33.7. The van der Waals surface area contributed by atoms with Crippen LogP contribution in [0.4, 0.5) is 0 Å². The molecule has 1 aromatic heterocycles. The van der Waals surface area contributed by atoms with Crippen molar-refractivity contribution in [3.63, 3.8) is 0 Å². The number of amides is 2. The van der Waals surface area contributed by atoms with E-state index in [-0.39, 0.29) is 29.5 Å². The minimum absolute atomic E-state index is 0.0389. The summed E-state index contributed by atoms with van der Waals surface area (Å²) in [7, 11) is 0. The van der Waals surface area contributed by atoms with Crippen LogP contribution in [-0.4, -0.2) is 58.2 Å². The van der Waals surface area contributed by atoms with E-state index in [4.69, 9.17) is 32.1 Å². The van der Waals surface area contributed by atoms with Crippen molar-refractivity contribution in [2.45, 2.75) is 114 Å². The highest BCUT2D eigenvalue weighted by atomic mass is 16.5. The Hall–Kier alpha value is -3.71. The first-order valence-electron chi connectivity index (χ1n) is 17.2. The van der Waals surface area contributed by atoms with E-state index >= 15 is 0 Å². The quantitative estimate of drug-likeness (QED) is 0.0750. The monoisotopic (exact) mass is 651 g/mol. The van der Waals surface area contributed by atoms with Crippen LogP contribution in [0.5, 0.6) is 5.75 Å². The molecule has 4 bridgehead atoms. The number of guanidine groups is 1. The van der Waals surface area contributed by atoms with Crippen molar-refractivity contribution in [3.05, 3.63) is 40.5 Å². The van der Waals surface area contributed by atoms with Crippen molar-refractivity contribution in [2.75, 3.05) is 13.1 Å². The number of benzene rings is 1. The van der Waals surface area contributed by atoms with Crippen LogP contribution >= 0.6 is 0 Å². The van der Waals surface area contributed by atoms with E-state index < -0.39 is 24.0 Å². The normalized spacial score (nSPS) is 24.8. The average molecular weight is 652 g/mol. The lowest BCUT2D eigenvalue weighted by Crippen LogP contribution is -2.53. The SMILES string of the molecule is Cc1cc(O)cc(C)c1C[C@H](NC(=O)[C@H](N)CCCNC(=N)N)C(=O)N[C@H](CCCCN)c1nc(C23CC4CC(CC(C4)C2)C3)no1. The lowest BCUT2D eigenvalue weighted by Gasteiger charge is -2.55. The van der Waals surface area contributed by atoms with Gasteiger partial charge in [-0.3, -0.25) is 15.0 Å². The molecule has 1 heterocycles. The number of hydrogen-bond acceptors (Lipinski definition) is 9. The number of hydrogen-bond donors (Lipinski definition) is 8. The third-order valence-corrected chi connectivity index (χ3v) is 10.6. The number of aromatic hydroxyl groups is 1. The highest BCUT2D eigenvalue weighted by Gasteiger charge is 2.54. The van der Waals surface area contributed by atoms with Crippen LogP contribution in [0.25, 0.3) is 0 Å². The van der Waals surface area contributed by atoms with Gasteiger partial charge < -0.3 is 42.8 Å². The summed E-state index contributed by atoms with van der Waals surface area (Å²) >= 11 is 0. The third kappa shape index (κ3) is 8.42. The molecule has 0 saturated heterocycles. The molecule has 2 amide bonds. The first-order chi connectivity index (χ1) is 22.5. The van der Waals surface area contributed by atoms with Crippen molar-refractivity contribution >= 4 is 17.8 Å². The Labute approximate surface area is 277 Å². The van der Waals surface area contributed by atoms with E-state index in [2.05, 4.69) is 21.1 Å². The topological polar surface area (TPSA) is 231 Å². The first-order valence-corrected chi connectivity index (χ1v) is 17.2. The molecule has 0 unspecified atom stereocenters. The largest absolute Gasteiger partial charge is 0.508 e. The Morgan fingerprint density at radius 2 is 1.66 bits per heavy atom. The second-order valence-electron chi connectivity index (χ2n) is 14.4. The summed E-state index contributed by atoms with van der Waals surface area (Å²) < 4.78 is 5.92. The maximum atomic E-state index is 14.1. The molecule has 4 aliphatic rings. The van der Waals surface area contributed by atoms with Crippen LogP contribution in [0.15, 0.2) is 16.7 Å². The summed E-state index contributed by atoms with van der Waals surface area (Å²) in [5.41, 5.74) is 19.8. The molecule has 47 heavy (non-hydrogen) atoms. The highest BCUT2D eigenvalue weighted by molar-refractivity contribution is 5.90. The zero-order valence-electron chi connectivity index (χ0n) is 27.8. The number of carbonyl (C=O) groups is 2. The molecule has 4 fully saturated rings. The maximum absolute atomic E-state index is 14.1. The summed E-state index contributed by atoms with van der Waals surface area (Å²) in [6.07, 6.45) is 10.4. The number of nitrogens with zero attached hydrogens (tertiary/aromatic N) is 2. The van der Waals surface area contributed by atoms with Gasteiger partial charge in [-0.25, -0.2) is 0 Å². The number of phenols is 1.